The largest absolute Gasteiger partial charge is 0.380 e. The van der Waals surface area contributed by atoms with E-state index in [1.807, 2.05) is 19.1 Å². The van der Waals surface area contributed by atoms with E-state index in [1.165, 1.54) is 12.1 Å². The molecule has 0 aliphatic heterocycles. The number of aryl methyl sites for hydroxylation is 1. The summed E-state index contributed by atoms with van der Waals surface area (Å²) in [5.41, 5.74) is 2.09. The predicted molar refractivity (Wildman–Crippen MR) is 84.2 cm³/mol. The van der Waals surface area contributed by atoms with Crippen LogP contribution in [-0.4, -0.2) is 15.5 Å². The Morgan fingerprint density at radius 3 is 2.57 bits per heavy atom. The number of halogens is 1. The molecule has 0 amide bonds. The van der Waals surface area contributed by atoms with Gasteiger partial charge < -0.3 is 4.74 Å². The van der Waals surface area contributed by atoms with Gasteiger partial charge in [0.25, 0.3) is 10.0 Å². The van der Waals surface area contributed by atoms with Crippen molar-refractivity contribution in [2.45, 2.75) is 18.4 Å². The molecule has 2 aromatic rings. The van der Waals surface area contributed by atoms with E-state index in [4.69, 9.17) is 16.3 Å². The predicted octanol–water partition coefficient (Wildman–Crippen LogP) is 3.60. The van der Waals surface area contributed by atoms with Crippen molar-refractivity contribution in [3.63, 3.8) is 0 Å². The Bertz CT molecular complexity index is 744. The summed E-state index contributed by atoms with van der Waals surface area (Å²) in [7, 11) is -2.12. The van der Waals surface area contributed by atoms with E-state index in [-0.39, 0.29) is 4.90 Å². The summed E-state index contributed by atoms with van der Waals surface area (Å²) >= 11 is 5.99. The molecule has 2 rings (SSSR count). The molecular formula is C15H16ClNO3S. The van der Waals surface area contributed by atoms with Crippen LogP contribution < -0.4 is 4.72 Å². The van der Waals surface area contributed by atoms with Gasteiger partial charge in [0.15, 0.2) is 0 Å². The van der Waals surface area contributed by atoms with Crippen LogP contribution in [0.5, 0.6) is 0 Å². The average Bonchev–Trinajstić information content (AvgIpc) is 2.44. The van der Waals surface area contributed by atoms with Gasteiger partial charge in [-0.2, -0.15) is 0 Å². The molecule has 0 saturated heterocycles. The molecule has 1 N–H and O–H groups in total. The number of nitrogens with one attached hydrogen (secondary N) is 1. The third kappa shape index (κ3) is 3.75. The van der Waals surface area contributed by atoms with Gasteiger partial charge in [-0.1, -0.05) is 35.9 Å². The van der Waals surface area contributed by atoms with Crippen LogP contribution >= 0.6 is 11.6 Å². The smallest absolute Gasteiger partial charge is 0.261 e. The molecule has 0 spiro atoms. The second-order valence-electron chi connectivity index (χ2n) is 4.61. The van der Waals surface area contributed by atoms with Gasteiger partial charge in [0.05, 0.1) is 17.2 Å². The minimum atomic E-state index is -3.68. The highest BCUT2D eigenvalue weighted by Gasteiger charge is 2.16. The van der Waals surface area contributed by atoms with Crippen molar-refractivity contribution in [3.8, 4) is 0 Å². The van der Waals surface area contributed by atoms with E-state index in [9.17, 15) is 8.42 Å². The Labute approximate surface area is 129 Å². The van der Waals surface area contributed by atoms with Crippen molar-refractivity contribution >= 4 is 27.3 Å². The molecule has 0 unspecified atom stereocenters. The van der Waals surface area contributed by atoms with Crippen molar-refractivity contribution < 1.29 is 13.2 Å². The van der Waals surface area contributed by atoms with Crippen LogP contribution in [0.1, 0.15) is 11.1 Å². The van der Waals surface area contributed by atoms with Gasteiger partial charge in [-0.3, -0.25) is 4.72 Å². The SMILES string of the molecule is COCc1ccccc1NS(=O)(=O)c1ccc(C)c(Cl)c1. The lowest BCUT2D eigenvalue weighted by Crippen LogP contribution is -2.14. The summed E-state index contributed by atoms with van der Waals surface area (Å²) in [6.07, 6.45) is 0. The molecule has 0 fully saturated rings. The zero-order valence-corrected chi connectivity index (χ0v) is 13.3. The molecule has 4 nitrogen and oxygen atoms in total. The topological polar surface area (TPSA) is 55.4 Å². The van der Waals surface area contributed by atoms with Crippen molar-refractivity contribution in [2.75, 3.05) is 11.8 Å². The van der Waals surface area contributed by atoms with Crippen molar-refractivity contribution in [1.29, 1.82) is 0 Å². The van der Waals surface area contributed by atoms with Gasteiger partial charge in [-0.05, 0) is 30.7 Å². The summed E-state index contributed by atoms with van der Waals surface area (Å²) < 4.78 is 32.5. The fraction of sp³-hybridized carbons (Fsp3) is 0.200. The van der Waals surface area contributed by atoms with Gasteiger partial charge in [0, 0.05) is 17.7 Å². The van der Waals surface area contributed by atoms with Crippen LogP contribution in [0.25, 0.3) is 0 Å². The van der Waals surface area contributed by atoms with Gasteiger partial charge in [0.1, 0.15) is 0 Å². The highest BCUT2D eigenvalue weighted by molar-refractivity contribution is 7.92. The molecule has 0 aliphatic carbocycles. The minimum Gasteiger partial charge on any atom is -0.380 e. The van der Waals surface area contributed by atoms with Crippen LogP contribution in [0.3, 0.4) is 0 Å². The first-order valence-electron chi connectivity index (χ1n) is 6.30. The summed E-state index contributed by atoms with van der Waals surface area (Å²) in [6, 6.07) is 11.7. The summed E-state index contributed by atoms with van der Waals surface area (Å²) in [4.78, 5) is 0.130. The van der Waals surface area contributed by atoms with E-state index in [0.717, 1.165) is 11.1 Å². The fourth-order valence-corrected chi connectivity index (χ4v) is 3.22. The third-order valence-electron chi connectivity index (χ3n) is 3.02. The molecule has 0 heterocycles. The second kappa shape index (κ2) is 6.47. The molecule has 6 heteroatoms. The standard InChI is InChI=1S/C15H16ClNO3S/c1-11-7-8-13(9-14(11)16)21(18,19)17-15-6-4-3-5-12(15)10-20-2/h3-9,17H,10H2,1-2H3. The first-order valence-corrected chi connectivity index (χ1v) is 8.16. The van der Waals surface area contributed by atoms with Gasteiger partial charge >= 0.3 is 0 Å². The maximum absolute atomic E-state index is 12.4. The molecule has 21 heavy (non-hydrogen) atoms. The minimum absolute atomic E-state index is 0.130. The quantitative estimate of drug-likeness (QED) is 0.914. The zero-order chi connectivity index (χ0) is 15.5. The Kier molecular flexibility index (Phi) is 4.88. The molecule has 0 bridgehead atoms. The van der Waals surface area contributed by atoms with Crippen LogP contribution in [0, 0.1) is 6.92 Å². The normalized spacial score (nSPS) is 11.4. The van der Waals surface area contributed by atoms with Crippen LogP contribution in [0.15, 0.2) is 47.4 Å². The van der Waals surface area contributed by atoms with Crippen molar-refractivity contribution in [3.05, 3.63) is 58.6 Å². The number of sulfonamides is 1. The number of hydrogen-bond donors (Lipinski definition) is 1. The van der Waals surface area contributed by atoms with Crippen molar-refractivity contribution in [1.82, 2.24) is 0 Å². The Morgan fingerprint density at radius 1 is 1.19 bits per heavy atom. The third-order valence-corrected chi connectivity index (χ3v) is 4.79. The van der Waals surface area contributed by atoms with E-state index < -0.39 is 10.0 Å². The Balaban J connectivity index is 2.35. The number of anilines is 1. The molecule has 0 aromatic heterocycles. The Morgan fingerprint density at radius 2 is 1.90 bits per heavy atom. The molecule has 112 valence electrons. The summed E-state index contributed by atoms with van der Waals surface area (Å²) in [5.74, 6) is 0. The number of ether oxygens (including phenoxy) is 1. The maximum Gasteiger partial charge on any atom is 0.261 e. The lowest BCUT2D eigenvalue weighted by atomic mass is 10.2. The molecule has 0 atom stereocenters. The number of benzene rings is 2. The van der Waals surface area contributed by atoms with Crippen LogP contribution in [-0.2, 0) is 21.4 Å². The highest BCUT2D eigenvalue weighted by atomic mass is 35.5. The van der Waals surface area contributed by atoms with E-state index in [2.05, 4.69) is 4.72 Å². The lowest BCUT2D eigenvalue weighted by molar-refractivity contribution is 0.185. The first-order chi connectivity index (χ1) is 9.94. The van der Waals surface area contributed by atoms with Gasteiger partial charge in [-0.15, -0.1) is 0 Å². The van der Waals surface area contributed by atoms with E-state index >= 15 is 0 Å². The fourth-order valence-electron chi connectivity index (χ4n) is 1.85. The van der Waals surface area contributed by atoms with Gasteiger partial charge in [0.2, 0.25) is 0 Å². The van der Waals surface area contributed by atoms with Crippen molar-refractivity contribution in [2.24, 2.45) is 0 Å². The number of para-hydroxylation sites is 1. The molecule has 2 aromatic carbocycles. The molecule has 0 aliphatic rings. The summed E-state index contributed by atoms with van der Waals surface area (Å²) in [6.45, 7) is 2.15. The van der Waals surface area contributed by atoms with E-state index in [1.54, 1.807) is 25.3 Å². The zero-order valence-electron chi connectivity index (χ0n) is 11.8. The van der Waals surface area contributed by atoms with E-state index in [0.29, 0.717) is 17.3 Å². The van der Waals surface area contributed by atoms with Gasteiger partial charge in [-0.25, -0.2) is 8.42 Å². The number of methoxy groups -OCH3 is 1. The second-order valence-corrected chi connectivity index (χ2v) is 6.70. The number of hydrogen-bond acceptors (Lipinski definition) is 3. The molecular weight excluding hydrogens is 310 g/mol. The molecule has 0 radical (unpaired) electrons. The molecule has 0 saturated carbocycles. The highest BCUT2D eigenvalue weighted by Crippen LogP contribution is 2.24. The summed E-state index contributed by atoms with van der Waals surface area (Å²) in [5, 5.41) is 0.419. The Hall–Kier alpha value is -1.56. The average molecular weight is 326 g/mol. The maximum atomic E-state index is 12.4. The number of rotatable bonds is 5. The van der Waals surface area contributed by atoms with Crippen LogP contribution in [0.4, 0.5) is 5.69 Å². The van der Waals surface area contributed by atoms with Crippen LogP contribution in [0.2, 0.25) is 5.02 Å². The first kappa shape index (κ1) is 15.8. The monoisotopic (exact) mass is 325 g/mol. The lowest BCUT2D eigenvalue weighted by Gasteiger charge is -2.12.